The molecule has 0 aliphatic rings. The third-order valence-corrected chi connectivity index (χ3v) is 2.60. The van der Waals surface area contributed by atoms with Gasteiger partial charge in [0.05, 0.1) is 0 Å². The molecule has 0 aliphatic heterocycles. The number of carboxylic acids is 1. The van der Waals surface area contributed by atoms with Crippen LogP contribution < -0.4 is 5.32 Å². The van der Waals surface area contributed by atoms with Gasteiger partial charge in [-0.3, -0.25) is 9.59 Å². The zero-order valence-corrected chi connectivity index (χ0v) is 10.8. The largest absolute Gasteiger partial charge is 0.480 e. The number of carbonyl (C=O) groups is 3. The van der Waals surface area contributed by atoms with Gasteiger partial charge in [-0.15, -0.1) is 0 Å². The molecule has 0 aliphatic carbocycles. The highest BCUT2D eigenvalue weighted by Crippen LogP contribution is 2.06. The first-order valence-corrected chi connectivity index (χ1v) is 6.15. The summed E-state index contributed by atoms with van der Waals surface area (Å²) >= 11 is 0. The first-order valence-electron chi connectivity index (χ1n) is 6.15. The van der Waals surface area contributed by atoms with Gasteiger partial charge in [-0.05, 0) is 6.42 Å². The van der Waals surface area contributed by atoms with Gasteiger partial charge in [0.1, 0.15) is 6.04 Å². The third-order valence-electron chi connectivity index (χ3n) is 2.60. The van der Waals surface area contributed by atoms with Crippen molar-refractivity contribution in [3.05, 3.63) is 35.9 Å². The van der Waals surface area contributed by atoms with E-state index in [0.29, 0.717) is 12.0 Å². The van der Waals surface area contributed by atoms with E-state index in [9.17, 15) is 14.4 Å². The minimum atomic E-state index is -1.20. The molecule has 5 nitrogen and oxygen atoms in total. The van der Waals surface area contributed by atoms with Gasteiger partial charge in [-0.1, -0.05) is 37.3 Å². The molecule has 1 rings (SSSR count). The number of hydrogen-bond donors (Lipinski definition) is 2. The first kappa shape index (κ1) is 14.9. The van der Waals surface area contributed by atoms with Gasteiger partial charge < -0.3 is 10.4 Å². The van der Waals surface area contributed by atoms with Crippen molar-refractivity contribution in [2.45, 2.75) is 32.2 Å². The van der Waals surface area contributed by atoms with E-state index in [1.165, 1.54) is 0 Å². The Kier molecular flexibility index (Phi) is 5.73. The second-order valence-electron chi connectivity index (χ2n) is 4.20. The lowest BCUT2D eigenvalue weighted by Crippen LogP contribution is -2.42. The van der Waals surface area contributed by atoms with Crippen LogP contribution in [0.15, 0.2) is 30.3 Å². The molecule has 102 valence electrons. The summed E-state index contributed by atoms with van der Waals surface area (Å²) < 4.78 is 0. The highest BCUT2D eigenvalue weighted by atomic mass is 16.4. The molecule has 19 heavy (non-hydrogen) atoms. The van der Waals surface area contributed by atoms with Crippen molar-refractivity contribution in [2.24, 2.45) is 0 Å². The Morgan fingerprint density at radius 3 is 2.37 bits per heavy atom. The molecule has 1 amide bonds. The smallest absolute Gasteiger partial charge is 0.326 e. The van der Waals surface area contributed by atoms with Crippen LogP contribution in [0.5, 0.6) is 0 Å². The second kappa shape index (κ2) is 7.31. The molecule has 0 bridgehead atoms. The lowest BCUT2D eigenvalue weighted by Gasteiger charge is -2.13. The Balaban J connectivity index is 2.66. The van der Waals surface area contributed by atoms with Crippen LogP contribution in [0.25, 0.3) is 0 Å². The molecular weight excluding hydrogens is 246 g/mol. The van der Waals surface area contributed by atoms with Gasteiger partial charge in [-0.2, -0.15) is 0 Å². The minimum absolute atomic E-state index is 0.241. The van der Waals surface area contributed by atoms with Crippen molar-refractivity contribution >= 4 is 17.7 Å². The Labute approximate surface area is 111 Å². The Morgan fingerprint density at radius 1 is 1.21 bits per heavy atom. The molecule has 0 heterocycles. The maximum absolute atomic E-state index is 11.9. The zero-order chi connectivity index (χ0) is 14.3. The average molecular weight is 263 g/mol. The summed E-state index contributed by atoms with van der Waals surface area (Å²) in [6.07, 6.45) is 0.642. The number of aliphatic carboxylic acids is 1. The van der Waals surface area contributed by atoms with Crippen molar-refractivity contribution in [3.63, 3.8) is 0 Å². The number of benzene rings is 1. The lowest BCUT2D eigenvalue weighted by atomic mass is 10.0. The summed E-state index contributed by atoms with van der Waals surface area (Å²) in [5.41, 5.74) is 0.443. The summed E-state index contributed by atoms with van der Waals surface area (Å²) in [4.78, 5) is 34.3. The van der Waals surface area contributed by atoms with Gasteiger partial charge in [-0.25, -0.2) is 4.79 Å². The van der Waals surface area contributed by atoms with E-state index in [-0.39, 0.29) is 24.5 Å². The molecule has 1 aromatic rings. The average Bonchev–Trinajstić information content (AvgIpc) is 2.39. The van der Waals surface area contributed by atoms with Crippen LogP contribution in [0.1, 0.15) is 36.5 Å². The van der Waals surface area contributed by atoms with Crippen molar-refractivity contribution in [2.75, 3.05) is 0 Å². The molecule has 1 atom stereocenters. The lowest BCUT2D eigenvalue weighted by molar-refractivity contribution is -0.141. The van der Waals surface area contributed by atoms with E-state index in [1.807, 2.05) is 6.92 Å². The van der Waals surface area contributed by atoms with Crippen LogP contribution in [0, 0.1) is 0 Å². The number of rotatable bonds is 7. The molecule has 0 fully saturated rings. The van der Waals surface area contributed by atoms with Crippen LogP contribution in [-0.4, -0.2) is 28.8 Å². The highest BCUT2D eigenvalue weighted by Gasteiger charge is 2.23. The van der Waals surface area contributed by atoms with Crippen molar-refractivity contribution in [1.29, 1.82) is 0 Å². The van der Waals surface area contributed by atoms with Gasteiger partial charge in [0.15, 0.2) is 5.78 Å². The predicted molar refractivity (Wildman–Crippen MR) is 69.9 cm³/mol. The SMILES string of the molecule is CCCC(=O)N[C@H](CC(=O)c1ccccc1)C(=O)O. The molecule has 0 unspecified atom stereocenters. The van der Waals surface area contributed by atoms with Crippen LogP contribution in [0.3, 0.4) is 0 Å². The minimum Gasteiger partial charge on any atom is -0.480 e. The normalized spacial score (nSPS) is 11.6. The fourth-order valence-electron chi connectivity index (χ4n) is 1.62. The number of amides is 1. The van der Waals surface area contributed by atoms with Crippen LogP contribution in [0.2, 0.25) is 0 Å². The molecule has 0 saturated heterocycles. The summed E-state index contributed by atoms with van der Waals surface area (Å²) in [5.74, 6) is -1.85. The van der Waals surface area contributed by atoms with Gasteiger partial charge >= 0.3 is 5.97 Å². The van der Waals surface area contributed by atoms with Crippen LogP contribution in [-0.2, 0) is 9.59 Å². The van der Waals surface area contributed by atoms with E-state index < -0.39 is 12.0 Å². The fourth-order valence-corrected chi connectivity index (χ4v) is 1.62. The predicted octanol–water partition coefficient (Wildman–Crippen LogP) is 1.63. The third kappa shape index (κ3) is 4.91. The monoisotopic (exact) mass is 263 g/mol. The molecule has 0 saturated carbocycles. The highest BCUT2D eigenvalue weighted by molar-refractivity contribution is 5.99. The van der Waals surface area contributed by atoms with Crippen molar-refractivity contribution < 1.29 is 19.5 Å². The molecule has 5 heteroatoms. The molecule has 0 spiro atoms. The van der Waals surface area contributed by atoms with Crippen molar-refractivity contribution in [1.82, 2.24) is 5.32 Å². The number of carboxylic acid groups (broad SMARTS) is 1. The van der Waals surface area contributed by atoms with Gasteiger partial charge in [0.25, 0.3) is 0 Å². The number of nitrogens with one attached hydrogen (secondary N) is 1. The standard InChI is InChI=1S/C14H17NO4/c1-2-6-13(17)15-11(14(18)19)9-12(16)10-7-4-3-5-8-10/h3-5,7-8,11H,2,6,9H2,1H3,(H,15,17)(H,18,19)/t11-/m1/s1. The summed E-state index contributed by atoms with van der Waals surface area (Å²) in [6, 6.07) is 7.25. The Morgan fingerprint density at radius 2 is 1.84 bits per heavy atom. The summed E-state index contributed by atoms with van der Waals surface area (Å²) in [6.45, 7) is 1.82. The second-order valence-corrected chi connectivity index (χ2v) is 4.20. The number of Topliss-reactive ketones (excluding diaryl/α,β-unsaturated/α-hetero) is 1. The van der Waals surface area contributed by atoms with E-state index in [2.05, 4.69) is 5.32 Å². The topological polar surface area (TPSA) is 83.5 Å². The Hall–Kier alpha value is -2.17. The van der Waals surface area contributed by atoms with Crippen molar-refractivity contribution in [3.8, 4) is 0 Å². The fraction of sp³-hybridized carbons (Fsp3) is 0.357. The Bertz CT molecular complexity index is 456. The molecule has 0 radical (unpaired) electrons. The van der Waals surface area contributed by atoms with Gasteiger partial charge in [0, 0.05) is 18.4 Å². The van der Waals surface area contributed by atoms with Crippen LogP contribution in [0.4, 0.5) is 0 Å². The molecule has 0 aromatic heterocycles. The van der Waals surface area contributed by atoms with E-state index in [4.69, 9.17) is 5.11 Å². The van der Waals surface area contributed by atoms with Gasteiger partial charge in [0.2, 0.25) is 5.91 Å². The zero-order valence-electron chi connectivity index (χ0n) is 10.8. The summed E-state index contributed by atoms with van der Waals surface area (Å²) in [7, 11) is 0. The summed E-state index contributed by atoms with van der Waals surface area (Å²) in [5, 5.41) is 11.4. The van der Waals surface area contributed by atoms with E-state index >= 15 is 0 Å². The molecule has 2 N–H and O–H groups in total. The maximum atomic E-state index is 11.9. The maximum Gasteiger partial charge on any atom is 0.326 e. The number of ketones is 1. The first-order chi connectivity index (χ1) is 9.04. The molecular formula is C14H17NO4. The molecule has 1 aromatic carbocycles. The van der Waals surface area contributed by atoms with Crippen LogP contribution >= 0.6 is 0 Å². The van der Waals surface area contributed by atoms with E-state index in [0.717, 1.165) is 0 Å². The van der Waals surface area contributed by atoms with E-state index in [1.54, 1.807) is 30.3 Å². The number of hydrogen-bond acceptors (Lipinski definition) is 3. The number of carbonyl (C=O) groups excluding carboxylic acids is 2. The quantitative estimate of drug-likeness (QED) is 0.732.